The molecule has 1 N–H and O–H groups in total. The van der Waals surface area contributed by atoms with E-state index < -0.39 is 5.91 Å². The van der Waals surface area contributed by atoms with Gasteiger partial charge in [-0.15, -0.1) is 6.58 Å². The van der Waals surface area contributed by atoms with Crippen molar-refractivity contribution >= 4 is 45.7 Å². The molecule has 37 heavy (non-hydrogen) atoms. The molecule has 0 aliphatic rings. The highest BCUT2D eigenvalue weighted by Gasteiger charge is 2.14. The van der Waals surface area contributed by atoms with Crippen LogP contribution in [-0.2, 0) is 13.0 Å². The SMILES string of the molecule is C=CCc1cc(/C=N/NC(=O)c2cc3cc(OCC)ccc3o2)cc(OC)c1OCc1ccc(I)cc1. The second kappa shape index (κ2) is 12.4. The van der Waals surface area contributed by atoms with Crippen molar-refractivity contribution in [1.82, 2.24) is 5.43 Å². The predicted molar refractivity (Wildman–Crippen MR) is 153 cm³/mol. The molecular formula is C29H27IN2O5. The number of hydrogen-bond donors (Lipinski definition) is 1. The van der Waals surface area contributed by atoms with Crippen molar-refractivity contribution in [3.8, 4) is 17.2 Å². The van der Waals surface area contributed by atoms with E-state index in [-0.39, 0.29) is 5.76 Å². The quantitative estimate of drug-likeness (QED) is 0.0906. The lowest BCUT2D eigenvalue weighted by Crippen LogP contribution is -2.16. The molecule has 0 spiro atoms. The molecule has 0 atom stereocenters. The summed E-state index contributed by atoms with van der Waals surface area (Å²) >= 11 is 2.27. The number of furan rings is 1. The zero-order chi connectivity index (χ0) is 26.2. The van der Waals surface area contributed by atoms with Gasteiger partial charge < -0.3 is 18.6 Å². The first-order valence-corrected chi connectivity index (χ1v) is 12.8. The average molecular weight is 610 g/mol. The highest BCUT2D eigenvalue weighted by molar-refractivity contribution is 14.1. The number of carbonyl (C=O) groups excluding carboxylic acids is 1. The maximum absolute atomic E-state index is 12.6. The summed E-state index contributed by atoms with van der Waals surface area (Å²) in [4.78, 5) is 12.6. The van der Waals surface area contributed by atoms with Crippen LogP contribution in [0.25, 0.3) is 11.0 Å². The van der Waals surface area contributed by atoms with Crippen molar-refractivity contribution < 1.29 is 23.4 Å². The van der Waals surface area contributed by atoms with Gasteiger partial charge in [0, 0.05) is 14.5 Å². The number of nitrogens with zero attached hydrogens (tertiary/aromatic N) is 1. The monoisotopic (exact) mass is 610 g/mol. The fourth-order valence-electron chi connectivity index (χ4n) is 3.73. The minimum Gasteiger partial charge on any atom is -0.494 e. The molecule has 0 saturated heterocycles. The van der Waals surface area contributed by atoms with Gasteiger partial charge in [-0.3, -0.25) is 4.79 Å². The Bertz CT molecular complexity index is 1430. The lowest BCUT2D eigenvalue weighted by molar-refractivity contribution is 0.0929. The van der Waals surface area contributed by atoms with Gasteiger partial charge in [-0.2, -0.15) is 5.10 Å². The summed E-state index contributed by atoms with van der Waals surface area (Å²) in [7, 11) is 1.59. The molecule has 0 radical (unpaired) electrons. The molecule has 8 heteroatoms. The Kier molecular flexibility index (Phi) is 8.84. The number of halogens is 1. The number of ether oxygens (including phenoxy) is 3. The van der Waals surface area contributed by atoms with Crippen LogP contribution in [-0.4, -0.2) is 25.8 Å². The van der Waals surface area contributed by atoms with Crippen molar-refractivity contribution in [2.45, 2.75) is 20.0 Å². The smallest absolute Gasteiger partial charge is 0.307 e. The Labute approximate surface area is 229 Å². The number of benzene rings is 3. The van der Waals surface area contributed by atoms with E-state index in [2.05, 4.69) is 39.7 Å². The van der Waals surface area contributed by atoms with Crippen LogP contribution in [0.4, 0.5) is 0 Å². The van der Waals surface area contributed by atoms with Gasteiger partial charge in [0.25, 0.3) is 0 Å². The summed E-state index contributed by atoms with van der Waals surface area (Å²) < 4.78 is 24.1. The average Bonchev–Trinajstić information content (AvgIpc) is 3.33. The standard InChI is InChI=1S/C29H27IN2O5/c1-4-6-21-13-20(14-26(34-3)28(21)36-18-19-7-9-23(30)10-8-19)17-31-32-29(33)27-16-22-15-24(35-5-2)11-12-25(22)37-27/h4,7-17H,1,5-6,18H2,2-3H3,(H,32,33)/b31-17+. The summed E-state index contributed by atoms with van der Waals surface area (Å²) in [5.74, 6) is 1.64. The zero-order valence-corrected chi connectivity index (χ0v) is 22.8. The van der Waals surface area contributed by atoms with Crippen molar-refractivity contribution in [1.29, 1.82) is 0 Å². The maximum Gasteiger partial charge on any atom is 0.307 e. The third-order valence-electron chi connectivity index (χ3n) is 5.44. The van der Waals surface area contributed by atoms with Crippen LogP contribution in [0.5, 0.6) is 17.2 Å². The van der Waals surface area contributed by atoms with Crippen molar-refractivity contribution in [2.75, 3.05) is 13.7 Å². The molecule has 190 valence electrons. The van der Waals surface area contributed by atoms with Gasteiger partial charge in [-0.25, -0.2) is 5.43 Å². The van der Waals surface area contributed by atoms with Crippen molar-refractivity contribution in [3.05, 3.63) is 99.3 Å². The molecule has 1 heterocycles. The van der Waals surface area contributed by atoms with Crippen molar-refractivity contribution in [3.63, 3.8) is 0 Å². The largest absolute Gasteiger partial charge is 0.494 e. The summed E-state index contributed by atoms with van der Waals surface area (Å²) in [5, 5.41) is 4.89. The Hall–Kier alpha value is -3.79. The van der Waals surface area contributed by atoms with Gasteiger partial charge in [0.1, 0.15) is 17.9 Å². The molecule has 4 rings (SSSR count). The Morgan fingerprint density at radius 1 is 1.11 bits per heavy atom. The predicted octanol–water partition coefficient (Wildman–Crippen LogP) is 6.52. The van der Waals surface area contributed by atoms with Crippen LogP contribution < -0.4 is 19.6 Å². The molecule has 7 nitrogen and oxygen atoms in total. The van der Waals surface area contributed by atoms with E-state index >= 15 is 0 Å². The van der Waals surface area contributed by atoms with Crippen LogP contribution in [0.3, 0.4) is 0 Å². The van der Waals surface area contributed by atoms with E-state index in [0.29, 0.717) is 36.7 Å². The first-order valence-electron chi connectivity index (χ1n) is 11.7. The van der Waals surface area contributed by atoms with E-state index in [4.69, 9.17) is 18.6 Å². The van der Waals surface area contributed by atoms with Crippen LogP contribution in [0.15, 0.2) is 82.8 Å². The first kappa shape index (κ1) is 26.3. The summed E-state index contributed by atoms with van der Waals surface area (Å²) in [6.07, 6.45) is 3.93. The van der Waals surface area contributed by atoms with Crippen LogP contribution in [0, 0.1) is 3.57 Å². The molecule has 0 unspecified atom stereocenters. The summed E-state index contributed by atoms with van der Waals surface area (Å²) in [6.45, 7) is 6.74. The second-order valence-electron chi connectivity index (χ2n) is 8.06. The number of fused-ring (bicyclic) bond motifs is 1. The van der Waals surface area contributed by atoms with E-state index in [1.807, 2.05) is 49.4 Å². The minimum atomic E-state index is -0.457. The fraction of sp³-hybridized carbons (Fsp3) is 0.172. The van der Waals surface area contributed by atoms with Crippen LogP contribution in [0.1, 0.15) is 34.2 Å². The van der Waals surface area contributed by atoms with Crippen LogP contribution >= 0.6 is 22.6 Å². The van der Waals surface area contributed by atoms with Gasteiger partial charge >= 0.3 is 5.91 Å². The van der Waals surface area contributed by atoms with Crippen molar-refractivity contribution in [2.24, 2.45) is 5.10 Å². The van der Waals surface area contributed by atoms with Crippen LogP contribution in [0.2, 0.25) is 0 Å². The van der Waals surface area contributed by atoms with Gasteiger partial charge in [0.15, 0.2) is 17.3 Å². The Morgan fingerprint density at radius 3 is 2.65 bits per heavy atom. The molecule has 3 aromatic carbocycles. The Morgan fingerprint density at radius 2 is 1.92 bits per heavy atom. The first-order chi connectivity index (χ1) is 18.0. The molecule has 0 fully saturated rings. The van der Waals surface area contributed by atoms with E-state index in [1.165, 1.54) is 0 Å². The molecule has 0 bridgehead atoms. The van der Waals surface area contributed by atoms with Gasteiger partial charge in [-0.05, 0) is 95.6 Å². The fourth-order valence-corrected chi connectivity index (χ4v) is 4.09. The number of allylic oxidation sites excluding steroid dienone is 1. The number of nitrogens with one attached hydrogen (secondary N) is 1. The van der Waals surface area contributed by atoms with E-state index in [0.717, 1.165) is 31.4 Å². The summed E-state index contributed by atoms with van der Waals surface area (Å²) in [5.41, 5.74) is 5.80. The summed E-state index contributed by atoms with van der Waals surface area (Å²) in [6, 6.07) is 19.0. The number of amides is 1. The molecule has 1 amide bonds. The maximum atomic E-state index is 12.6. The van der Waals surface area contributed by atoms with E-state index in [9.17, 15) is 4.79 Å². The highest BCUT2D eigenvalue weighted by atomic mass is 127. The molecule has 4 aromatic rings. The topological polar surface area (TPSA) is 82.3 Å². The number of methoxy groups -OCH3 is 1. The second-order valence-corrected chi connectivity index (χ2v) is 9.31. The Balaban J connectivity index is 1.48. The van der Waals surface area contributed by atoms with Gasteiger partial charge in [-0.1, -0.05) is 18.2 Å². The molecular weight excluding hydrogens is 583 g/mol. The minimum absolute atomic E-state index is 0.157. The molecule has 0 aliphatic carbocycles. The molecule has 0 aliphatic heterocycles. The number of hydrazone groups is 1. The lowest BCUT2D eigenvalue weighted by atomic mass is 10.1. The molecule has 0 saturated carbocycles. The molecule has 1 aromatic heterocycles. The third kappa shape index (κ3) is 6.71. The number of carbonyl (C=O) groups is 1. The lowest BCUT2D eigenvalue weighted by Gasteiger charge is -2.16. The van der Waals surface area contributed by atoms with Gasteiger partial charge in [0.2, 0.25) is 0 Å². The highest BCUT2D eigenvalue weighted by Crippen LogP contribution is 2.34. The normalized spacial score (nSPS) is 11.0. The van der Waals surface area contributed by atoms with E-state index in [1.54, 1.807) is 37.6 Å². The third-order valence-corrected chi connectivity index (χ3v) is 6.16. The number of rotatable bonds is 11. The van der Waals surface area contributed by atoms with Gasteiger partial charge in [0.05, 0.1) is 19.9 Å². The zero-order valence-electron chi connectivity index (χ0n) is 20.6. The number of hydrogen-bond acceptors (Lipinski definition) is 6.